The average molecular weight is 267 g/mol. The number of hydrogen-bond donors (Lipinski definition) is 1. The summed E-state index contributed by atoms with van der Waals surface area (Å²) < 4.78 is 18.7. The maximum absolute atomic E-state index is 13.6. The Kier molecular flexibility index (Phi) is 7.11. The predicted molar refractivity (Wildman–Crippen MR) is 74.1 cm³/mol. The summed E-state index contributed by atoms with van der Waals surface area (Å²) in [7, 11) is 0. The highest BCUT2D eigenvalue weighted by Gasteiger charge is 2.03. The molecule has 0 aliphatic rings. The lowest BCUT2D eigenvalue weighted by Gasteiger charge is -2.07. The number of ether oxygens (including phenoxy) is 1. The Hall–Kier alpha value is -1.42. The van der Waals surface area contributed by atoms with E-state index in [9.17, 15) is 9.18 Å². The van der Waals surface area contributed by atoms with Crippen LogP contribution in [0.3, 0.4) is 0 Å². The van der Waals surface area contributed by atoms with Crippen molar-refractivity contribution < 1.29 is 13.9 Å². The predicted octanol–water partition coefficient (Wildman–Crippen LogP) is 2.73. The van der Waals surface area contributed by atoms with Gasteiger partial charge in [-0.1, -0.05) is 6.07 Å². The molecule has 0 aliphatic heterocycles. The molecule has 4 heteroatoms. The molecule has 1 aromatic carbocycles. The maximum atomic E-state index is 13.6. The van der Waals surface area contributed by atoms with E-state index in [1.807, 2.05) is 13.0 Å². The fourth-order valence-electron chi connectivity index (χ4n) is 1.79. The molecule has 1 rings (SSSR count). The summed E-state index contributed by atoms with van der Waals surface area (Å²) in [6, 6.07) is 5.07. The molecule has 0 aliphatic carbocycles. The number of nitrogens with one attached hydrogen (secondary N) is 1. The molecule has 1 N–H and O–H groups in total. The fraction of sp³-hybridized carbons (Fsp3) is 0.533. The van der Waals surface area contributed by atoms with Crippen molar-refractivity contribution in [2.24, 2.45) is 0 Å². The second-order valence-corrected chi connectivity index (χ2v) is 4.50. The highest BCUT2D eigenvalue weighted by molar-refractivity contribution is 5.75. The number of carbonyl (C=O) groups excluding carboxylic acids is 1. The highest BCUT2D eigenvalue weighted by Crippen LogP contribution is 2.18. The third-order valence-electron chi connectivity index (χ3n) is 2.77. The molecule has 0 heterocycles. The van der Waals surface area contributed by atoms with E-state index in [0.29, 0.717) is 18.8 Å². The van der Waals surface area contributed by atoms with Crippen LogP contribution in [0.5, 0.6) is 5.75 Å². The third kappa shape index (κ3) is 6.34. The van der Waals surface area contributed by atoms with E-state index in [4.69, 9.17) is 4.74 Å². The van der Waals surface area contributed by atoms with Crippen LogP contribution in [-0.2, 0) is 11.2 Å². The first-order valence-electron chi connectivity index (χ1n) is 6.75. The minimum absolute atomic E-state index is 0.218. The van der Waals surface area contributed by atoms with Gasteiger partial charge in [0.1, 0.15) is 5.78 Å². The Morgan fingerprint density at radius 2 is 2.16 bits per heavy atom. The van der Waals surface area contributed by atoms with Gasteiger partial charge in [-0.15, -0.1) is 0 Å². The molecule has 0 radical (unpaired) electrons. The average Bonchev–Trinajstić information content (AvgIpc) is 2.36. The molecule has 0 atom stereocenters. The third-order valence-corrected chi connectivity index (χ3v) is 2.77. The SMILES string of the molecule is CCOc1ccc(CCNCCCC(C)=O)cc1F. The van der Waals surface area contributed by atoms with Gasteiger partial charge in [0.05, 0.1) is 6.61 Å². The summed E-state index contributed by atoms with van der Waals surface area (Å²) in [5, 5.41) is 3.24. The first-order valence-corrected chi connectivity index (χ1v) is 6.75. The second kappa shape index (κ2) is 8.64. The number of carbonyl (C=O) groups is 1. The van der Waals surface area contributed by atoms with Gasteiger partial charge in [0.2, 0.25) is 0 Å². The Morgan fingerprint density at radius 3 is 2.79 bits per heavy atom. The number of hydrogen-bond acceptors (Lipinski definition) is 3. The van der Waals surface area contributed by atoms with Crippen molar-refractivity contribution in [2.45, 2.75) is 33.1 Å². The van der Waals surface area contributed by atoms with Gasteiger partial charge in [0.25, 0.3) is 0 Å². The van der Waals surface area contributed by atoms with Crippen LogP contribution in [0.2, 0.25) is 0 Å². The summed E-state index contributed by atoms with van der Waals surface area (Å²) in [5.41, 5.74) is 0.944. The largest absolute Gasteiger partial charge is 0.491 e. The van der Waals surface area contributed by atoms with E-state index >= 15 is 0 Å². The minimum atomic E-state index is -0.309. The molecule has 0 unspecified atom stereocenters. The van der Waals surface area contributed by atoms with E-state index in [1.165, 1.54) is 6.07 Å². The van der Waals surface area contributed by atoms with Gasteiger partial charge >= 0.3 is 0 Å². The topological polar surface area (TPSA) is 38.3 Å². The molecular weight excluding hydrogens is 245 g/mol. The smallest absolute Gasteiger partial charge is 0.165 e. The number of Topliss-reactive ketones (excluding diaryl/α,β-unsaturated/α-hetero) is 1. The number of halogens is 1. The summed E-state index contributed by atoms with van der Waals surface area (Å²) in [6.45, 7) is 5.50. The summed E-state index contributed by atoms with van der Waals surface area (Å²) in [6.07, 6.45) is 2.24. The Labute approximate surface area is 114 Å². The zero-order valence-corrected chi connectivity index (χ0v) is 11.7. The molecule has 19 heavy (non-hydrogen) atoms. The zero-order chi connectivity index (χ0) is 14.1. The molecule has 0 saturated heterocycles. The molecule has 0 fully saturated rings. The minimum Gasteiger partial charge on any atom is -0.491 e. The van der Waals surface area contributed by atoms with Crippen molar-refractivity contribution in [1.82, 2.24) is 5.32 Å². The van der Waals surface area contributed by atoms with Crippen molar-refractivity contribution in [2.75, 3.05) is 19.7 Å². The fourth-order valence-corrected chi connectivity index (χ4v) is 1.79. The number of benzene rings is 1. The molecule has 106 valence electrons. The summed E-state index contributed by atoms with van der Waals surface area (Å²) in [5.74, 6) is 0.215. The lowest BCUT2D eigenvalue weighted by Crippen LogP contribution is -2.19. The van der Waals surface area contributed by atoms with Crippen LogP contribution < -0.4 is 10.1 Å². The first-order chi connectivity index (χ1) is 9.13. The molecule has 0 aromatic heterocycles. The highest BCUT2D eigenvalue weighted by atomic mass is 19.1. The zero-order valence-electron chi connectivity index (χ0n) is 11.7. The normalized spacial score (nSPS) is 10.5. The van der Waals surface area contributed by atoms with Gasteiger partial charge in [0, 0.05) is 6.42 Å². The van der Waals surface area contributed by atoms with Crippen molar-refractivity contribution in [3.8, 4) is 5.75 Å². The van der Waals surface area contributed by atoms with Crippen molar-refractivity contribution in [3.05, 3.63) is 29.6 Å². The lowest BCUT2D eigenvalue weighted by atomic mass is 10.1. The molecule has 3 nitrogen and oxygen atoms in total. The quantitative estimate of drug-likeness (QED) is 0.699. The molecule has 0 amide bonds. The van der Waals surface area contributed by atoms with E-state index in [-0.39, 0.29) is 11.6 Å². The van der Waals surface area contributed by atoms with Gasteiger partial charge in [-0.2, -0.15) is 0 Å². The van der Waals surface area contributed by atoms with Crippen LogP contribution in [0, 0.1) is 5.82 Å². The second-order valence-electron chi connectivity index (χ2n) is 4.50. The first kappa shape index (κ1) is 15.6. The molecule has 0 spiro atoms. The van der Waals surface area contributed by atoms with E-state index in [2.05, 4.69) is 5.32 Å². The summed E-state index contributed by atoms with van der Waals surface area (Å²) >= 11 is 0. The van der Waals surface area contributed by atoms with Gasteiger partial charge in [-0.3, -0.25) is 0 Å². The van der Waals surface area contributed by atoms with E-state index in [1.54, 1.807) is 13.0 Å². The van der Waals surface area contributed by atoms with Gasteiger partial charge in [0.15, 0.2) is 11.6 Å². The van der Waals surface area contributed by atoms with Crippen LogP contribution in [0.4, 0.5) is 4.39 Å². The van der Waals surface area contributed by atoms with Crippen LogP contribution in [-0.4, -0.2) is 25.5 Å². The number of ketones is 1. The number of rotatable bonds is 9. The van der Waals surface area contributed by atoms with Gasteiger partial charge < -0.3 is 14.8 Å². The van der Waals surface area contributed by atoms with Gasteiger partial charge in [-0.25, -0.2) is 4.39 Å². The van der Waals surface area contributed by atoms with Crippen molar-refractivity contribution in [3.63, 3.8) is 0 Å². The lowest BCUT2D eigenvalue weighted by molar-refractivity contribution is -0.117. The Morgan fingerprint density at radius 1 is 1.37 bits per heavy atom. The van der Waals surface area contributed by atoms with Crippen LogP contribution in [0.25, 0.3) is 0 Å². The van der Waals surface area contributed by atoms with E-state index in [0.717, 1.165) is 31.5 Å². The molecule has 0 saturated carbocycles. The monoisotopic (exact) mass is 267 g/mol. The van der Waals surface area contributed by atoms with E-state index < -0.39 is 0 Å². The molecule has 0 bridgehead atoms. The Bertz CT molecular complexity index is 407. The maximum Gasteiger partial charge on any atom is 0.165 e. The van der Waals surface area contributed by atoms with Crippen LogP contribution >= 0.6 is 0 Å². The molecular formula is C15H22FNO2. The van der Waals surface area contributed by atoms with Crippen molar-refractivity contribution >= 4 is 5.78 Å². The standard InChI is InChI=1S/C15H22FNO2/c1-3-19-15-7-6-13(11-14(15)16)8-10-17-9-4-5-12(2)18/h6-7,11,17H,3-5,8-10H2,1-2H3. The molecule has 1 aromatic rings. The van der Waals surface area contributed by atoms with Gasteiger partial charge in [-0.05, 0) is 57.5 Å². The Balaban J connectivity index is 2.26. The van der Waals surface area contributed by atoms with Crippen LogP contribution in [0.15, 0.2) is 18.2 Å². The van der Waals surface area contributed by atoms with Crippen LogP contribution in [0.1, 0.15) is 32.3 Å². The van der Waals surface area contributed by atoms with Crippen molar-refractivity contribution in [1.29, 1.82) is 0 Å². The summed E-state index contributed by atoms with van der Waals surface area (Å²) in [4.78, 5) is 10.7.